The van der Waals surface area contributed by atoms with Gasteiger partial charge >= 0.3 is 0 Å². The Balaban J connectivity index is 2.06. The second-order valence-corrected chi connectivity index (χ2v) is 5.54. The highest BCUT2D eigenvalue weighted by atomic mass is 32.1. The molecule has 20 heavy (non-hydrogen) atoms. The highest BCUT2D eigenvalue weighted by Crippen LogP contribution is 2.21. The molecule has 0 saturated carbocycles. The van der Waals surface area contributed by atoms with Gasteiger partial charge in [-0.15, -0.1) is 11.3 Å². The lowest BCUT2D eigenvalue weighted by Gasteiger charge is -2.04. The number of nitrogens with one attached hydrogen (secondary N) is 1. The monoisotopic (exact) mass is 302 g/mol. The maximum atomic E-state index is 5.43. The molecule has 0 aliphatic carbocycles. The molecule has 3 N–H and O–H groups in total. The molecule has 100 valence electrons. The first kappa shape index (κ1) is 12.8. The summed E-state index contributed by atoms with van der Waals surface area (Å²) in [5.74, 6) is 0.547. The summed E-state index contributed by atoms with van der Waals surface area (Å²) in [4.78, 5) is 17.5. The summed E-state index contributed by atoms with van der Waals surface area (Å²) >= 11 is 6.36. The van der Waals surface area contributed by atoms with E-state index < -0.39 is 0 Å². The zero-order valence-electron chi connectivity index (χ0n) is 10.5. The number of hydrogen-bond acceptors (Lipinski definition) is 6. The summed E-state index contributed by atoms with van der Waals surface area (Å²) in [6, 6.07) is 3.56. The number of aromatic nitrogens is 4. The van der Waals surface area contributed by atoms with Gasteiger partial charge in [0.05, 0.1) is 11.2 Å². The molecule has 3 rings (SSSR count). The van der Waals surface area contributed by atoms with Gasteiger partial charge in [0, 0.05) is 5.38 Å². The van der Waals surface area contributed by atoms with E-state index in [1.54, 1.807) is 23.6 Å². The van der Waals surface area contributed by atoms with Crippen LogP contribution in [0.2, 0.25) is 0 Å². The van der Waals surface area contributed by atoms with Crippen molar-refractivity contribution in [3.63, 3.8) is 0 Å². The molecule has 0 fully saturated rings. The number of nitrogens with two attached hydrogens (primary N) is 1. The molecular formula is C12H10N6S2. The topological polar surface area (TPSA) is 89.6 Å². The molecule has 8 heteroatoms. The normalized spacial score (nSPS) is 10.7. The fourth-order valence-corrected chi connectivity index (χ4v) is 2.41. The van der Waals surface area contributed by atoms with E-state index in [1.165, 1.54) is 0 Å². The molecule has 3 heterocycles. The Morgan fingerprint density at radius 3 is 2.80 bits per heavy atom. The van der Waals surface area contributed by atoms with Gasteiger partial charge in [0.2, 0.25) is 0 Å². The Kier molecular flexibility index (Phi) is 3.25. The van der Waals surface area contributed by atoms with E-state index in [0.717, 1.165) is 10.7 Å². The van der Waals surface area contributed by atoms with Gasteiger partial charge in [-0.3, -0.25) is 4.98 Å². The van der Waals surface area contributed by atoms with E-state index in [0.29, 0.717) is 22.7 Å². The van der Waals surface area contributed by atoms with Gasteiger partial charge in [0.15, 0.2) is 10.8 Å². The minimum absolute atomic E-state index is 0.163. The molecule has 0 bridgehead atoms. The molecule has 0 unspecified atom stereocenters. The first-order valence-electron chi connectivity index (χ1n) is 5.74. The number of aryl methyl sites for hydroxylation is 1. The molecule has 0 aliphatic rings. The highest BCUT2D eigenvalue weighted by Gasteiger charge is 2.07. The Morgan fingerprint density at radius 2 is 2.10 bits per heavy atom. The van der Waals surface area contributed by atoms with E-state index in [1.807, 2.05) is 18.4 Å². The maximum absolute atomic E-state index is 5.43. The van der Waals surface area contributed by atoms with E-state index in [-0.39, 0.29) is 5.11 Å². The van der Waals surface area contributed by atoms with Crippen LogP contribution in [0.15, 0.2) is 23.7 Å². The number of anilines is 1. The summed E-state index contributed by atoms with van der Waals surface area (Å²) < 4.78 is 0. The zero-order valence-corrected chi connectivity index (χ0v) is 12.1. The smallest absolute Gasteiger partial charge is 0.180 e. The van der Waals surface area contributed by atoms with Crippen LogP contribution in [0.3, 0.4) is 0 Å². The van der Waals surface area contributed by atoms with Gasteiger partial charge < -0.3 is 11.1 Å². The quantitative estimate of drug-likeness (QED) is 0.701. The molecule has 0 amide bonds. The predicted molar refractivity (Wildman–Crippen MR) is 83.6 cm³/mol. The molecule has 3 aromatic heterocycles. The van der Waals surface area contributed by atoms with Crippen molar-refractivity contribution < 1.29 is 0 Å². The number of rotatable bonds is 2. The molecule has 6 nitrogen and oxygen atoms in total. The van der Waals surface area contributed by atoms with Crippen LogP contribution < -0.4 is 11.1 Å². The van der Waals surface area contributed by atoms with Crippen molar-refractivity contribution in [3.8, 4) is 11.4 Å². The molecule has 0 saturated heterocycles. The Bertz CT molecular complexity index is 797. The lowest BCUT2D eigenvalue weighted by Crippen LogP contribution is -2.19. The van der Waals surface area contributed by atoms with E-state index >= 15 is 0 Å². The Morgan fingerprint density at radius 1 is 1.25 bits per heavy atom. The van der Waals surface area contributed by atoms with Crippen molar-refractivity contribution in [2.75, 3.05) is 5.32 Å². The molecule has 0 atom stereocenters. The van der Waals surface area contributed by atoms with Gasteiger partial charge in [0.1, 0.15) is 22.7 Å². The fraction of sp³-hybridized carbons (Fsp3) is 0.0833. The predicted octanol–water partition coefficient (Wildman–Crippen LogP) is 2.11. The summed E-state index contributed by atoms with van der Waals surface area (Å²) in [6.45, 7) is 1.95. The van der Waals surface area contributed by atoms with E-state index in [9.17, 15) is 0 Å². The molecule has 0 spiro atoms. The third-order valence-electron chi connectivity index (χ3n) is 2.54. The summed E-state index contributed by atoms with van der Waals surface area (Å²) in [5.41, 5.74) is 8.15. The number of fused-ring (bicyclic) bond motifs is 1. The van der Waals surface area contributed by atoms with Gasteiger partial charge in [-0.05, 0) is 31.3 Å². The number of hydrogen-bond donors (Lipinski definition) is 2. The average Bonchev–Trinajstić information content (AvgIpc) is 2.84. The Hall–Kier alpha value is -2.19. The van der Waals surface area contributed by atoms with Crippen LogP contribution in [0.4, 0.5) is 5.82 Å². The van der Waals surface area contributed by atoms with Crippen LogP contribution in [-0.4, -0.2) is 25.0 Å². The van der Waals surface area contributed by atoms with Crippen LogP contribution in [0.5, 0.6) is 0 Å². The molecule has 0 aliphatic heterocycles. The molecule has 0 radical (unpaired) electrons. The zero-order chi connectivity index (χ0) is 14.1. The number of nitrogens with zero attached hydrogens (tertiary/aromatic N) is 4. The summed E-state index contributed by atoms with van der Waals surface area (Å²) in [7, 11) is 0. The number of thiazole rings is 1. The van der Waals surface area contributed by atoms with Crippen molar-refractivity contribution in [2.45, 2.75) is 6.92 Å². The van der Waals surface area contributed by atoms with Crippen molar-refractivity contribution in [2.24, 2.45) is 5.73 Å². The van der Waals surface area contributed by atoms with Crippen molar-refractivity contribution in [1.82, 2.24) is 19.9 Å². The van der Waals surface area contributed by atoms with Crippen LogP contribution >= 0.6 is 23.6 Å². The third-order valence-corrected chi connectivity index (χ3v) is 3.42. The largest absolute Gasteiger partial charge is 0.376 e. The van der Waals surface area contributed by atoms with Gasteiger partial charge in [-0.2, -0.15) is 0 Å². The lowest BCUT2D eigenvalue weighted by molar-refractivity contribution is 1.20. The van der Waals surface area contributed by atoms with Crippen LogP contribution in [0, 0.1) is 6.92 Å². The highest BCUT2D eigenvalue weighted by molar-refractivity contribution is 7.80. The van der Waals surface area contributed by atoms with Crippen molar-refractivity contribution in [3.05, 3.63) is 28.7 Å². The minimum atomic E-state index is 0.163. The summed E-state index contributed by atoms with van der Waals surface area (Å²) in [5, 5.41) is 5.87. The first-order chi connectivity index (χ1) is 9.61. The van der Waals surface area contributed by atoms with Gasteiger partial charge in [-0.25, -0.2) is 15.0 Å². The van der Waals surface area contributed by atoms with E-state index in [2.05, 4.69) is 25.3 Å². The van der Waals surface area contributed by atoms with Crippen molar-refractivity contribution in [1.29, 1.82) is 0 Å². The Labute approximate surface area is 124 Å². The van der Waals surface area contributed by atoms with E-state index in [4.69, 9.17) is 18.0 Å². The van der Waals surface area contributed by atoms with Gasteiger partial charge in [-0.1, -0.05) is 0 Å². The second kappa shape index (κ2) is 5.06. The second-order valence-electron chi connectivity index (χ2n) is 4.04. The van der Waals surface area contributed by atoms with Crippen LogP contribution in [0.1, 0.15) is 5.01 Å². The molecular weight excluding hydrogens is 292 g/mol. The minimum Gasteiger partial charge on any atom is -0.376 e. The maximum Gasteiger partial charge on any atom is 0.180 e. The lowest BCUT2D eigenvalue weighted by atomic mass is 10.3. The van der Waals surface area contributed by atoms with Gasteiger partial charge in [0.25, 0.3) is 0 Å². The van der Waals surface area contributed by atoms with Crippen LogP contribution in [0.25, 0.3) is 22.6 Å². The molecule has 0 aromatic carbocycles. The number of thiocarbonyl (C=S) groups is 1. The third kappa shape index (κ3) is 2.56. The fourth-order valence-electron chi connectivity index (χ4n) is 1.70. The first-order valence-corrected chi connectivity index (χ1v) is 7.03. The van der Waals surface area contributed by atoms with Crippen LogP contribution in [-0.2, 0) is 0 Å². The molecule has 3 aromatic rings. The van der Waals surface area contributed by atoms with Crippen molar-refractivity contribution >= 4 is 45.6 Å². The number of pyridine rings is 1. The summed E-state index contributed by atoms with van der Waals surface area (Å²) in [6.07, 6.45) is 1.69. The SMILES string of the molecule is Cc1nc(-c2cnc3ccc(NC(N)=S)nc3n2)cs1. The standard InChI is InChI=1S/C12H10N6S2/c1-6-15-9(5-20-6)8-4-14-7-2-3-10(18-12(13)19)17-11(7)16-8/h2-5H,1H3,(H3,13,16,17,18,19). The average molecular weight is 302 g/mol.